The summed E-state index contributed by atoms with van der Waals surface area (Å²) in [6, 6.07) is 6.24. The molecule has 2 aromatic rings. The van der Waals surface area contributed by atoms with Crippen LogP contribution in [0.5, 0.6) is 0 Å². The fourth-order valence-electron chi connectivity index (χ4n) is 2.41. The summed E-state index contributed by atoms with van der Waals surface area (Å²) >= 11 is 0. The van der Waals surface area contributed by atoms with Crippen LogP contribution in [0.4, 0.5) is 4.39 Å². The Morgan fingerprint density at radius 2 is 2.00 bits per heavy atom. The van der Waals surface area contributed by atoms with Gasteiger partial charge in [0.05, 0.1) is 11.9 Å². The molecule has 1 aromatic carbocycles. The van der Waals surface area contributed by atoms with Gasteiger partial charge in [0.1, 0.15) is 17.1 Å². The number of carboxylic acid groups (broad SMARTS) is 1. The molecule has 0 spiro atoms. The van der Waals surface area contributed by atoms with E-state index in [2.05, 4.69) is 5.10 Å². The smallest absolute Gasteiger partial charge is 0.339 e. The molecular formula is C15H17FN2O2. The number of carboxylic acids is 1. The molecule has 0 aliphatic heterocycles. The summed E-state index contributed by atoms with van der Waals surface area (Å²) in [4.78, 5) is 11.3. The monoisotopic (exact) mass is 276 g/mol. The predicted octanol–water partition coefficient (Wildman–Crippen LogP) is 3.61. The summed E-state index contributed by atoms with van der Waals surface area (Å²) in [6.45, 7) is 3.97. The van der Waals surface area contributed by atoms with Gasteiger partial charge in [0.25, 0.3) is 0 Å². The molecule has 2 rings (SSSR count). The molecule has 106 valence electrons. The average molecular weight is 276 g/mol. The van der Waals surface area contributed by atoms with Crippen molar-refractivity contribution >= 4 is 5.97 Å². The molecule has 5 heteroatoms. The summed E-state index contributed by atoms with van der Waals surface area (Å²) in [5.41, 5.74) is 0.983. The van der Waals surface area contributed by atoms with Crippen LogP contribution in [0.25, 0.3) is 5.69 Å². The Hall–Kier alpha value is -2.17. The van der Waals surface area contributed by atoms with Crippen molar-refractivity contribution in [3.8, 4) is 5.69 Å². The van der Waals surface area contributed by atoms with E-state index in [9.17, 15) is 14.3 Å². The molecule has 1 N–H and O–H groups in total. The van der Waals surface area contributed by atoms with Crippen LogP contribution in [-0.4, -0.2) is 20.9 Å². The van der Waals surface area contributed by atoms with Crippen LogP contribution in [-0.2, 0) is 0 Å². The highest BCUT2D eigenvalue weighted by Gasteiger charge is 2.24. The molecule has 0 aliphatic carbocycles. The first-order chi connectivity index (χ1) is 9.60. The number of rotatable bonds is 5. The Morgan fingerprint density at radius 3 is 2.55 bits per heavy atom. The average Bonchev–Trinajstić information content (AvgIpc) is 2.86. The second kappa shape index (κ2) is 5.86. The zero-order valence-electron chi connectivity index (χ0n) is 11.5. The third-order valence-electron chi connectivity index (χ3n) is 3.49. The summed E-state index contributed by atoms with van der Waals surface area (Å²) < 4.78 is 15.3. The van der Waals surface area contributed by atoms with E-state index in [-0.39, 0.29) is 17.2 Å². The first-order valence-electron chi connectivity index (χ1n) is 6.66. The van der Waals surface area contributed by atoms with Crippen LogP contribution in [0.2, 0.25) is 0 Å². The number of hydrogen-bond acceptors (Lipinski definition) is 2. The maximum Gasteiger partial charge on any atom is 0.339 e. The van der Waals surface area contributed by atoms with Gasteiger partial charge in [-0.2, -0.15) is 5.10 Å². The number of hydrogen-bond donors (Lipinski definition) is 1. The van der Waals surface area contributed by atoms with E-state index >= 15 is 0 Å². The molecule has 0 bridgehead atoms. The van der Waals surface area contributed by atoms with Crippen LogP contribution in [0.15, 0.2) is 30.5 Å². The van der Waals surface area contributed by atoms with Crippen molar-refractivity contribution in [3.63, 3.8) is 0 Å². The zero-order valence-corrected chi connectivity index (χ0v) is 11.5. The Labute approximate surface area is 116 Å². The largest absolute Gasteiger partial charge is 0.478 e. The lowest BCUT2D eigenvalue weighted by Gasteiger charge is -2.16. The topological polar surface area (TPSA) is 55.1 Å². The zero-order chi connectivity index (χ0) is 14.7. The Balaban J connectivity index is 2.65. The lowest BCUT2D eigenvalue weighted by atomic mass is 9.96. The number of para-hydroxylation sites is 1. The van der Waals surface area contributed by atoms with E-state index in [4.69, 9.17) is 0 Å². The van der Waals surface area contributed by atoms with Crippen molar-refractivity contribution in [3.05, 3.63) is 47.5 Å². The Bertz CT molecular complexity index is 618. The van der Waals surface area contributed by atoms with Gasteiger partial charge in [0.2, 0.25) is 0 Å². The SMILES string of the molecule is CCC(CC)c1c(C(=O)O)cnn1-c1ccccc1F. The van der Waals surface area contributed by atoms with Crippen molar-refractivity contribution in [1.29, 1.82) is 0 Å². The van der Waals surface area contributed by atoms with Gasteiger partial charge in [-0.3, -0.25) is 0 Å². The highest BCUT2D eigenvalue weighted by Crippen LogP contribution is 2.29. The number of aromatic nitrogens is 2. The molecule has 1 heterocycles. The second-order valence-corrected chi connectivity index (χ2v) is 4.63. The van der Waals surface area contributed by atoms with E-state index in [0.29, 0.717) is 5.69 Å². The number of aromatic carboxylic acids is 1. The van der Waals surface area contributed by atoms with E-state index < -0.39 is 11.8 Å². The fraction of sp³-hybridized carbons (Fsp3) is 0.333. The third kappa shape index (κ3) is 2.43. The molecule has 0 atom stereocenters. The molecule has 0 aliphatic rings. The predicted molar refractivity (Wildman–Crippen MR) is 73.8 cm³/mol. The van der Waals surface area contributed by atoms with Gasteiger partial charge in [-0.05, 0) is 25.0 Å². The number of halogens is 1. The lowest BCUT2D eigenvalue weighted by molar-refractivity contribution is 0.0695. The molecular weight excluding hydrogens is 259 g/mol. The summed E-state index contributed by atoms with van der Waals surface area (Å²) in [5, 5.41) is 13.4. The van der Waals surface area contributed by atoms with Crippen LogP contribution < -0.4 is 0 Å². The maximum absolute atomic E-state index is 13.9. The Morgan fingerprint density at radius 1 is 1.35 bits per heavy atom. The molecule has 0 fully saturated rings. The molecule has 0 radical (unpaired) electrons. The van der Waals surface area contributed by atoms with Gasteiger partial charge in [-0.1, -0.05) is 26.0 Å². The summed E-state index contributed by atoms with van der Waals surface area (Å²) in [7, 11) is 0. The van der Waals surface area contributed by atoms with Crippen LogP contribution in [0, 0.1) is 5.82 Å². The quantitative estimate of drug-likeness (QED) is 0.907. The minimum atomic E-state index is -1.03. The minimum Gasteiger partial charge on any atom is -0.478 e. The molecule has 1 aromatic heterocycles. The van der Waals surface area contributed by atoms with E-state index in [0.717, 1.165) is 12.8 Å². The number of nitrogens with zero attached hydrogens (tertiary/aromatic N) is 2. The van der Waals surface area contributed by atoms with Gasteiger partial charge in [-0.25, -0.2) is 13.9 Å². The molecule has 0 saturated heterocycles. The van der Waals surface area contributed by atoms with E-state index in [1.54, 1.807) is 18.2 Å². The van der Waals surface area contributed by atoms with E-state index in [1.807, 2.05) is 13.8 Å². The highest BCUT2D eigenvalue weighted by molar-refractivity contribution is 5.89. The molecule has 0 saturated carbocycles. The molecule has 4 nitrogen and oxygen atoms in total. The van der Waals surface area contributed by atoms with Crippen LogP contribution in [0.3, 0.4) is 0 Å². The Kier molecular flexibility index (Phi) is 4.17. The first-order valence-corrected chi connectivity index (χ1v) is 6.66. The van der Waals surface area contributed by atoms with Crippen molar-refractivity contribution in [1.82, 2.24) is 9.78 Å². The van der Waals surface area contributed by atoms with Crippen molar-refractivity contribution in [2.75, 3.05) is 0 Å². The number of carbonyl (C=O) groups is 1. The molecule has 0 unspecified atom stereocenters. The normalized spacial score (nSPS) is 11.0. The van der Waals surface area contributed by atoms with Crippen molar-refractivity contribution in [2.24, 2.45) is 0 Å². The molecule has 0 amide bonds. The highest BCUT2D eigenvalue weighted by atomic mass is 19.1. The third-order valence-corrected chi connectivity index (χ3v) is 3.49. The first kappa shape index (κ1) is 14.2. The van der Waals surface area contributed by atoms with Crippen molar-refractivity contribution < 1.29 is 14.3 Å². The maximum atomic E-state index is 13.9. The van der Waals surface area contributed by atoms with Gasteiger partial charge < -0.3 is 5.11 Å². The summed E-state index contributed by atoms with van der Waals surface area (Å²) in [5.74, 6) is -1.42. The van der Waals surface area contributed by atoms with Gasteiger partial charge in [0.15, 0.2) is 0 Å². The van der Waals surface area contributed by atoms with Gasteiger partial charge >= 0.3 is 5.97 Å². The lowest BCUT2D eigenvalue weighted by Crippen LogP contribution is -2.12. The van der Waals surface area contributed by atoms with Crippen molar-refractivity contribution in [2.45, 2.75) is 32.6 Å². The van der Waals surface area contributed by atoms with Crippen LogP contribution >= 0.6 is 0 Å². The van der Waals surface area contributed by atoms with Crippen LogP contribution in [0.1, 0.15) is 48.7 Å². The van der Waals surface area contributed by atoms with E-state index in [1.165, 1.54) is 16.9 Å². The molecule has 20 heavy (non-hydrogen) atoms. The number of benzene rings is 1. The fourth-order valence-corrected chi connectivity index (χ4v) is 2.41. The minimum absolute atomic E-state index is 0.0307. The van der Waals surface area contributed by atoms with Gasteiger partial charge in [0, 0.05) is 5.92 Å². The second-order valence-electron chi connectivity index (χ2n) is 4.63. The van der Waals surface area contributed by atoms with Gasteiger partial charge in [-0.15, -0.1) is 0 Å². The summed E-state index contributed by atoms with van der Waals surface area (Å²) in [6.07, 6.45) is 2.84. The standard InChI is InChI=1S/C15H17FN2O2/c1-3-10(4-2)14-11(15(19)20)9-17-18(14)13-8-6-5-7-12(13)16/h5-10H,3-4H2,1-2H3,(H,19,20).